The van der Waals surface area contributed by atoms with Crippen LogP contribution in [0.1, 0.15) is 24.2 Å². The third-order valence-electron chi connectivity index (χ3n) is 2.70. The first kappa shape index (κ1) is 12.4. The molecule has 3 heteroatoms. The van der Waals surface area contributed by atoms with Crippen molar-refractivity contribution in [2.45, 2.75) is 13.8 Å². The number of rotatable bonds is 5. The predicted molar refractivity (Wildman–Crippen MR) is 71.7 cm³/mol. The summed E-state index contributed by atoms with van der Waals surface area (Å²) >= 11 is 0. The van der Waals surface area contributed by atoms with Crippen LogP contribution >= 0.6 is 0 Å². The molecule has 0 saturated carbocycles. The van der Waals surface area contributed by atoms with Gasteiger partial charge in [0.25, 0.3) is 0 Å². The molecule has 0 bridgehead atoms. The summed E-state index contributed by atoms with van der Waals surface area (Å²) < 4.78 is 11.2. The fourth-order valence-electron chi connectivity index (χ4n) is 1.95. The maximum absolute atomic E-state index is 10.9. The number of carbonyl (C=O) groups is 1. The van der Waals surface area contributed by atoms with Crippen molar-refractivity contribution in [3.8, 4) is 11.5 Å². The SMILES string of the molecule is CCOc1ccc(OCC)c2cc(C=O)ccc12. The summed E-state index contributed by atoms with van der Waals surface area (Å²) in [6.45, 7) is 5.08. The Kier molecular flexibility index (Phi) is 3.82. The lowest BCUT2D eigenvalue weighted by molar-refractivity contribution is 0.112. The van der Waals surface area contributed by atoms with Crippen molar-refractivity contribution in [3.05, 3.63) is 35.9 Å². The highest BCUT2D eigenvalue weighted by atomic mass is 16.5. The van der Waals surface area contributed by atoms with Gasteiger partial charge >= 0.3 is 0 Å². The first-order chi connectivity index (χ1) is 8.80. The maximum atomic E-state index is 10.9. The Morgan fingerprint density at radius 2 is 1.56 bits per heavy atom. The summed E-state index contributed by atoms with van der Waals surface area (Å²) in [4.78, 5) is 10.9. The molecule has 18 heavy (non-hydrogen) atoms. The zero-order chi connectivity index (χ0) is 13.0. The molecule has 0 fully saturated rings. The van der Waals surface area contributed by atoms with Gasteiger partial charge in [-0.2, -0.15) is 0 Å². The van der Waals surface area contributed by atoms with Gasteiger partial charge < -0.3 is 9.47 Å². The predicted octanol–water partition coefficient (Wildman–Crippen LogP) is 3.45. The van der Waals surface area contributed by atoms with Gasteiger partial charge in [-0.15, -0.1) is 0 Å². The maximum Gasteiger partial charge on any atom is 0.150 e. The Hall–Kier alpha value is -2.03. The largest absolute Gasteiger partial charge is 0.493 e. The van der Waals surface area contributed by atoms with E-state index < -0.39 is 0 Å². The van der Waals surface area contributed by atoms with Crippen molar-refractivity contribution in [2.75, 3.05) is 13.2 Å². The van der Waals surface area contributed by atoms with E-state index in [1.165, 1.54) is 0 Å². The van der Waals surface area contributed by atoms with Gasteiger partial charge in [-0.05, 0) is 38.1 Å². The molecule has 0 saturated heterocycles. The molecule has 0 amide bonds. The molecule has 0 aliphatic rings. The van der Waals surface area contributed by atoms with E-state index in [2.05, 4.69) is 0 Å². The molecule has 0 radical (unpaired) electrons. The van der Waals surface area contributed by atoms with Gasteiger partial charge in [0.1, 0.15) is 17.8 Å². The Labute approximate surface area is 106 Å². The minimum Gasteiger partial charge on any atom is -0.493 e. The van der Waals surface area contributed by atoms with Crippen LogP contribution in [-0.2, 0) is 0 Å². The molecular formula is C15H16O3. The summed E-state index contributed by atoms with van der Waals surface area (Å²) in [5, 5.41) is 1.88. The lowest BCUT2D eigenvalue weighted by atomic mass is 10.1. The van der Waals surface area contributed by atoms with Gasteiger partial charge in [0.2, 0.25) is 0 Å². The standard InChI is InChI=1S/C15H16O3/c1-3-17-14-7-8-15(18-4-2)13-9-11(10-16)5-6-12(13)14/h5-10H,3-4H2,1-2H3. The molecule has 0 heterocycles. The highest BCUT2D eigenvalue weighted by Crippen LogP contribution is 2.33. The number of benzene rings is 2. The Morgan fingerprint density at radius 1 is 0.944 bits per heavy atom. The zero-order valence-electron chi connectivity index (χ0n) is 10.6. The highest BCUT2D eigenvalue weighted by molar-refractivity contribution is 5.96. The Morgan fingerprint density at radius 3 is 2.11 bits per heavy atom. The van der Waals surface area contributed by atoms with Crippen LogP contribution in [0.25, 0.3) is 10.8 Å². The van der Waals surface area contributed by atoms with Gasteiger partial charge in [0.15, 0.2) is 0 Å². The quantitative estimate of drug-likeness (QED) is 0.756. The van der Waals surface area contributed by atoms with Crippen molar-refractivity contribution in [1.29, 1.82) is 0 Å². The third kappa shape index (κ3) is 2.30. The van der Waals surface area contributed by atoms with E-state index in [-0.39, 0.29) is 0 Å². The van der Waals surface area contributed by atoms with E-state index in [1.54, 1.807) is 6.07 Å². The second-order valence-electron chi connectivity index (χ2n) is 3.85. The lowest BCUT2D eigenvalue weighted by Crippen LogP contribution is -1.96. The van der Waals surface area contributed by atoms with E-state index in [1.807, 2.05) is 38.1 Å². The number of hydrogen-bond donors (Lipinski definition) is 0. The topological polar surface area (TPSA) is 35.5 Å². The van der Waals surface area contributed by atoms with Crippen LogP contribution in [-0.4, -0.2) is 19.5 Å². The first-order valence-electron chi connectivity index (χ1n) is 6.07. The van der Waals surface area contributed by atoms with E-state index in [4.69, 9.17) is 9.47 Å². The average molecular weight is 244 g/mol. The second-order valence-corrected chi connectivity index (χ2v) is 3.85. The number of fused-ring (bicyclic) bond motifs is 1. The van der Waals surface area contributed by atoms with Crippen LogP contribution in [0.3, 0.4) is 0 Å². The summed E-state index contributed by atoms with van der Waals surface area (Å²) in [7, 11) is 0. The van der Waals surface area contributed by atoms with Crippen molar-refractivity contribution < 1.29 is 14.3 Å². The average Bonchev–Trinajstić information content (AvgIpc) is 2.41. The summed E-state index contributed by atoms with van der Waals surface area (Å²) in [6, 6.07) is 9.29. The number of carbonyl (C=O) groups excluding carboxylic acids is 1. The summed E-state index contributed by atoms with van der Waals surface area (Å²) in [5.41, 5.74) is 0.636. The van der Waals surface area contributed by atoms with Gasteiger partial charge in [-0.25, -0.2) is 0 Å². The van der Waals surface area contributed by atoms with Crippen molar-refractivity contribution in [1.82, 2.24) is 0 Å². The lowest BCUT2D eigenvalue weighted by Gasteiger charge is -2.12. The summed E-state index contributed by atoms with van der Waals surface area (Å²) in [6.07, 6.45) is 0.836. The fraction of sp³-hybridized carbons (Fsp3) is 0.267. The molecule has 0 N–H and O–H groups in total. The van der Waals surface area contributed by atoms with Crippen LogP contribution in [0.2, 0.25) is 0 Å². The van der Waals surface area contributed by atoms with Crippen LogP contribution in [0.15, 0.2) is 30.3 Å². The molecule has 2 rings (SSSR count). The smallest absolute Gasteiger partial charge is 0.150 e. The normalized spacial score (nSPS) is 10.3. The van der Waals surface area contributed by atoms with Gasteiger partial charge in [-0.3, -0.25) is 4.79 Å². The van der Waals surface area contributed by atoms with E-state index in [0.29, 0.717) is 18.8 Å². The molecule has 0 atom stereocenters. The minimum absolute atomic E-state index is 0.592. The molecular weight excluding hydrogens is 228 g/mol. The molecule has 0 aliphatic carbocycles. The monoisotopic (exact) mass is 244 g/mol. The minimum atomic E-state index is 0.592. The van der Waals surface area contributed by atoms with Gasteiger partial charge in [0, 0.05) is 16.3 Å². The van der Waals surface area contributed by atoms with Crippen LogP contribution in [0.5, 0.6) is 11.5 Å². The first-order valence-corrected chi connectivity index (χ1v) is 6.07. The van der Waals surface area contributed by atoms with E-state index in [0.717, 1.165) is 28.6 Å². The van der Waals surface area contributed by atoms with Crippen LogP contribution in [0.4, 0.5) is 0 Å². The van der Waals surface area contributed by atoms with E-state index in [9.17, 15) is 4.79 Å². The van der Waals surface area contributed by atoms with Gasteiger partial charge in [-0.1, -0.05) is 6.07 Å². The van der Waals surface area contributed by atoms with Crippen molar-refractivity contribution in [3.63, 3.8) is 0 Å². The van der Waals surface area contributed by atoms with Gasteiger partial charge in [0.05, 0.1) is 13.2 Å². The van der Waals surface area contributed by atoms with Crippen molar-refractivity contribution >= 4 is 17.1 Å². The fourth-order valence-corrected chi connectivity index (χ4v) is 1.95. The second kappa shape index (κ2) is 5.54. The molecule has 0 aromatic heterocycles. The summed E-state index contributed by atoms with van der Waals surface area (Å²) in [5.74, 6) is 1.59. The molecule has 2 aromatic carbocycles. The number of aldehydes is 1. The number of ether oxygens (including phenoxy) is 2. The molecule has 0 unspecified atom stereocenters. The van der Waals surface area contributed by atoms with Crippen molar-refractivity contribution in [2.24, 2.45) is 0 Å². The molecule has 3 nitrogen and oxygen atoms in total. The van der Waals surface area contributed by atoms with E-state index >= 15 is 0 Å². The number of hydrogen-bond acceptors (Lipinski definition) is 3. The Bertz CT molecular complexity index is 561. The molecule has 94 valence electrons. The molecule has 0 aliphatic heterocycles. The zero-order valence-corrected chi connectivity index (χ0v) is 10.6. The highest BCUT2D eigenvalue weighted by Gasteiger charge is 2.08. The Balaban J connectivity index is 2.64. The molecule has 2 aromatic rings. The third-order valence-corrected chi connectivity index (χ3v) is 2.70. The molecule has 0 spiro atoms. The van der Waals surface area contributed by atoms with Crippen LogP contribution < -0.4 is 9.47 Å². The van der Waals surface area contributed by atoms with Crippen LogP contribution in [0, 0.1) is 0 Å².